The van der Waals surface area contributed by atoms with E-state index in [1.54, 1.807) is 4.90 Å². The van der Waals surface area contributed by atoms with Gasteiger partial charge < -0.3 is 4.90 Å². The Morgan fingerprint density at radius 1 is 1.33 bits per heavy atom. The Morgan fingerprint density at radius 3 is 2.60 bits per heavy atom. The standard InChI is InChI=1S/C13H19NO/c1-4-5-10-14(3)13(15)12-9-7-6-8-11(12)2/h6-9H,4-5,10H2,1-3H3. The van der Waals surface area contributed by atoms with Gasteiger partial charge in [-0.15, -0.1) is 0 Å². The number of carbonyl (C=O) groups excluding carboxylic acids is 1. The van der Waals surface area contributed by atoms with Crippen molar-refractivity contribution in [3.8, 4) is 0 Å². The number of hydrogen-bond acceptors (Lipinski definition) is 1. The Morgan fingerprint density at radius 2 is 2.00 bits per heavy atom. The molecule has 0 spiro atoms. The molecular formula is C13H19NO. The molecule has 2 heteroatoms. The molecule has 0 aliphatic heterocycles. The number of unbranched alkanes of at least 4 members (excludes halogenated alkanes) is 1. The zero-order valence-corrected chi connectivity index (χ0v) is 9.79. The third kappa shape index (κ3) is 3.08. The molecule has 1 aromatic rings. The van der Waals surface area contributed by atoms with Crippen molar-refractivity contribution in [1.29, 1.82) is 0 Å². The summed E-state index contributed by atoms with van der Waals surface area (Å²) >= 11 is 0. The van der Waals surface area contributed by atoms with Crippen LogP contribution in [0.5, 0.6) is 0 Å². The summed E-state index contributed by atoms with van der Waals surface area (Å²) in [5.41, 5.74) is 1.86. The summed E-state index contributed by atoms with van der Waals surface area (Å²) in [4.78, 5) is 13.8. The van der Waals surface area contributed by atoms with E-state index in [2.05, 4.69) is 6.92 Å². The summed E-state index contributed by atoms with van der Waals surface area (Å²) in [6, 6.07) is 7.73. The third-order valence-corrected chi connectivity index (χ3v) is 2.57. The highest BCUT2D eigenvalue weighted by atomic mass is 16.2. The van der Waals surface area contributed by atoms with E-state index in [-0.39, 0.29) is 5.91 Å². The molecule has 0 saturated heterocycles. The quantitative estimate of drug-likeness (QED) is 0.740. The lowest BCUT2D eigenvalue weighted by Gasteiger charge is -2.17. The van der Waals surface area contributed by atoms with E-state index in [9.17, 15) is 4.79 Å². The number of hydrogen-bond donors (Lipinski definition) is 0. The second-order valence-electron chi connectivity index (χ2n) is 3.90. The van der Waals surface area contributed by atoms with E-state index in [1.165, 1.54) is 0 Å². The molecule has 15 heavy (non-hydrogen) atoms. The van der Waals surface area contributed by atoms with Gasteiger partial charge in [0, 0.05) is 19.2 Å². The topological polar surface area (TPSA) is 20.3 Å². The lowest BCUT2D eigenvalue weighted by atomic mass is 10.1. The fourth-order valence-corrected chi connectivity index (χ4v) is 1.52. The molecule has 0 aliphatic rings. The summed E-state index contributed by atoms with van der Waals surface area (Å²) in [5, 5.41) is 0. The first-order valence-corrected chi connectivity index (χ1v) is 5.48. The van der Waals surface area contributed by atoms with Gasteiger partial charge in [-0.3, -0.25) is 4.79 Å². The molecule has 0 saturated carbocycles. The van der Waals surface area contributed by atoms with E-state index in [1.807, 2.05) is 38.2 Å². The van der Waals surface area contributed by atoms with Gasteiger partial charge in [0.05, 0.1) is 0 Å². The minimum atomic E-state index is 0.126. The minimum Gasteiger partial charge on any atom is -0.342 e. The van der Waals surface area contributed by atoms with Gasteiger partial charge in [-0.2, -0.15) is 0 Å². The molecule has 0 N–H and O–H groups in total. The molecule has 0 atom stereocenters. The predicted molar refractivity (Wildman–Crippen MR) is 63.0 cm³/mol. The van der Waals surface area contributed by atoms with Crippen LogP contribution in [0.2, 0.25) is 0 Å². The average molecular weight is 205 g/mol. The maximum Gasteiger partial charge on any atom is 0.253 e. The van der Waals surface area contributed by atoms with Crippen molar-refractivity contribution in [2.45, 2.75) is 26.7 Å². The Balaban J connectivity index is 2.72. The SMILES string of the molecule is CCCCN(C)C(=O)c1ccccc1C. The van der Waals surface area contributed by atoms with Crippen LogP contribution in [0.25, 0.3) is 0 Å². The normalized spacial score (nSPS) is 10.1. The second kappa shape index (κ2) is 5.54. The van der Waals surface area contributed by atoms with Crippen molar-refractivity contribution in [2.75, 3.05) is 13.6 Å². The van der Waals surface area contributed by atoms with Crippen molar-refractivity contribution < 1.29 is 4.79 Å². The molecule has 0 fully saturated rings. The number of rotatable bonds is 4. The van der Waals surface area contributed by atoms with E-state index >= 15 is 0 Å². The number of benzene rings is 1. The zero-order valence-electron chi connectivity index (χ0n) is 9.79. The zero-order chi connectivity index (χ0) is 11.3. The van der Waals surface area contributed by atoms with Gasteiger partial charge in [0.1, 0.15) is 0 Å². The van der Waals surface area contributed by atoms with Crippen LogP contribution in [0.1, 0.15) is 35.7 Å². The number of amides is 1. The molecule has 1 amide bonds. The van der Waals surface area contributed by atoms with Gasteiger partial charge in [0.2, 0.25) is 0 Å². The van der Waals surface area contributed by atoms with Crippen molar-refractivity contribution in [2.24, 2.45) is 0 Å². The molecule has 82 valence electrons. The molecule has 0 aliphatic carbocycles. The summed E-state index contributed by atoms with van der Waals surface area (Å²) in [7, 11) is 1.87. The van der Waals surface area contributed by atoms with Gasteiger partial charge in [0.15, 0.2) is 0 Å². The highest BCUT2D eigenvalue weighted by molar-refractivity contribution is 5.95. The first-order chi connectivity index (χ1) is 7.16. The maximum absolute atomic E-state index is 12.0. The van der Waals surface area contributed by atoms with Crippen molar-refractivity contribution in [1.82, 2.24) is 4.90 Å². The first kappa shape index (κ1) is 11.8. The van der Waals surface area contributed by atoms with Crippen LogP contribution in [0, 0.1) is 6.92 Å². The molecule has 1 aromatic carbocycles. The summed E-state index contributed by atoms with van der Waals surface area (Å²) in [5.74, 6) is 0.126. The monoisotopic (exact) mass is 205 g/mol. The Bertz CT molecular complexity index is 333. The van der Waals surface area contributed by atoms with E-state index in [0.29, 0.717) is 0 Å². The largest absolute Gasteiger partial charge is 0.342 e. The molecule has 0 unspecified atom stereocenters. The molecule has 0 radical (unpaired) electrons. The Kier molecular flexibility index (Phi) is 4.35. The summed E-state index contributed by atoms with van der Waals surface area (Å²) in [6.07, 6.45) is 2.18. The minimum absolute atomic E-state index is 0.126. The average Bonchev–Trinajstić information content (AvgIpc) is 2.25. The second-order valence-corrected chi connectivity index (χ2v) is 3.90. The van der Waals surface area contributed by atoms with E-state index < -0.39 is 0 Å². The van der Waals surface area contributed by atoms with Crippen LogP contribution < -0.4 is 0 Å². The summed E-state index contributed by atoms with van der Waals surface area (Å²) in [6.45, 7) is 4.94. The highest BCUT2D eigenvalue weighted by Crippen LogP contribution is 2.10. The molecular weight excluding hydrogens is 186 g/mol. The van der Waals surface area contributed by atoms with Crippen LogP contribution in [-0.4, -0.2) is 24.4 Å². The number of carbonyl (C=O) groups is 1. The van der Waals surface area contributed by atoms with E-state index in [0.717, 1.165) is 30.5 Å². The number of aryl methyl sites for hydroxylation is 1. The lowest BCUT2D eigenvalue weighted by molar-refractivity contribution is 0.0792. The van der Waals surface area contributed by atoms with Gasteiger partial charge in [-0.1, -0.05) is 31.5 Å². The van der Waals surface area contributed by atoms with Crippen molar-refractivity contribution >= 4 is 5.91 Å². The van der Waals surface area contributed by atoms with Crippen LogP contribution in [0.4, 0.5) is 0 Å². The molecule has 0 aromatic heterocycles. The fourth-order valence-electron chi connectivity index (χ4n) is 1.52. The van der Waals surface area contributed by atoms with Gasteiger partial charge >= 0.3 is 0 Å². The van der Waals surface area contributed by atoms with E-state index in [4.69, 9.17) is 0 Å². The lowest BCUT2D eigenvalue weighted by Crippen LogP contribution is -2.28. The Hall–Kier alpha value is -1.31. The Labute approximate surface area is 91.9 Å². The molecule has 2 nitrogen and oxygen atoms in total. The first-order valence-electron chi connectivity index (χ1n) is 5.48. The number of nitrogens with zero attached hydrogens (tertiary/aromatic N) is 1. The van der Waals surface area contributed by atoms with Crippen LogP contribution in [0.3, 0.4) is 0 Å². The third-order valence-electron chi connectivity index (χ3n) is 2.57. The van der Waals surface area contributed by atoms with Gasteiger partial charge in [-0.05, 0) is 25.0 Å². The van der Waals surface area contributed by atoms with Gasteiger partial charge in [-0.25, -0.2) is 0 Å². The van der Waals surface area contributed by atoms with Crippen molar-refractivity contribution in [3.63, 3.8) is 0 Å². The molecule has 0 heterocycles. The van der Waals surface area contributed by atoms with Crippen LogP contribution >= 0.6 is 0 Å². The summed E-state index contributed by atoms with van der Waals surface area (Å²) < 4.78 is 0. The van der Waals surface area contributed by atoms with Crippen molar-refractivity contribution in [3.05, 3.63) is 35.4 Å². The fraction of sp³-hybridized carbons (Fsp3) is 0.462. The smallest absolute Gasteiger partial charge is 0.253 e. The van der Waals surface area contributed by atoms with Crippen LogP contribution in [0.15, 0.2) is 24.3 Å². The molecule has 0 bridgehead atoms. The van der Waals surface area contributed by atoms with Gasteiger partial charge in [0.25, 0.3) is 5.91 Å². The van der Waals surface area contributed by atoms with Crippen LogP contribution in [-0.2, 0) is 0 Å². The predicted octanol–water partition coefficient (Wildman–Crippen LogP) is 2.87. The molecule has 1 rings (SSSR count). The maximum atomic E-state index is 12.0. The highest BCUT2D eigenvalue weighted by Gasteiger charge is 2.12.